The summed E-state index contributed by atoms with van der Waals surface area (Å²) in [6.07, 6.45) is 2.50. The highest BCUT2D eigenvalue weighted by Crippen LogP contribution is 2.21. The molecule has 1 rings (SSSR count). The van der Waals surface area contributed by atoms with Gasteiger partial charge in [0.05, 0.1) is 17.6 Å². The average molecular weight is 224 g/mol. The van der Waals surface area contributed by atoms with Gasteiger partial charge < -0.3 is 10.1 Å². The molecule has 16 heavy (non-hydrogen) atoms. The van der Waals surface area contributed by atoms with Gasteiger partial charge in [0.1, 0.15) is 0 Å². The van der Waals surface area contributed by atoms with Crippen molar-refractivity contribution >= 4 is 0 Å². The van der Waals surface area contributed by atoms with Crippen LogP contribution in [0.3, 0.4) is 0 Å². The Morgan fingerprint density at radius 1 is 1.50 bits per heavy atom. The molecule has 1 fully saturated rings. The third kappa shape index (κ3) is 4.11. The molecule has 0 aromatic carbocycles. The summed E-state index contributed by atoms with van der Waals surface area (Å²) in [5.41, 5.74) is -0.272. The first-order chi connectivity index (χ1) is 7.44. The van der Waals surface area contributed by atoms with Gasteiger partial charge >= 0.3 is 0 Å². The minimum Gasteiger partial charge on any atom is -0.378 e. The molecule has 0 aliphatic carbocycles. The van der Waals surface area contributed by atoms with Gasteiger partial charge in [0, 0.05) is 19.2 Å². The fourth-order valence-electron chi connectivity index (χ4n) is 1.92. The van der Waals surface area contributed by atoms with Crippen LogP contribution in [0.15, 0.2) is 0 Å². The van der Waals surface area contributed by atoms with Crippen LogP contribution in [0.1, 0.15) is 40.5 Å². The summed E-state index contributed by atoms with van der Waals surface area (Å²) in [7, 11) is 0. The van der Waals surface area contributed by atoms with E-state index in [1.165, 1.54) is 0 Å². The molecule has 1 aliphatic heterocycles. The number of rotatable bonds is 4. The Kier molecular flexibility index (Phi) is 4.76. The molecule has 0 bridgehead atoms. The van der Waals surface area contributed by atoms with Gasteiger partial charge in [0.25, 0.3) is 0 Å². The zero-order valence-corrected chi connectivity index (χ0v) is 10.9. The lowest BCUT2D eigenvalue weighted by atomic mass is 9.92. The van der Waals surface area contributed by atoms with E-state index in [4.69, 9.17) is 10.00 Å². The number of nitrogens with one attached hydrogen (secondary N) is 1. The highest BCUT2D eigenvalue weighted by Gasteiger charge is 2.26. The molecule has 2 unspecified atom stereocenters. The van der Waals surface area contributed by atoms with Crippen LogP contribution in [0, 0.1) is 22.7 Å². The highest BCUT2D eigenvalue weighted by atomic mass is 16.5. The molecule has 0 radical (unpaired) electrons. The summed E-state index contributed by atoms with van der Waals surface area (Å²) in [5, 5.41) is 12.4. The van der Waals surface area contributed by atoms with Crippen LogP contribution in [-0.2, 0) is 4.74 Å². The van der Waals surface area contributed by atoms with Crippen molar-refractivity contribution in [3.63, 3.8) is 0 Å². The fourth-order valence-corrected chi connectivity index (χ4v) is 1.92. The molecule has 0 aromatic rings. The molecule has 92 valence electrons. The maximum absolute atomic E-state index is 8.95. The van der Waals surface area contributed by atoms with E-state index in [2.05, 4.69) is 25.2 Å². The van der Waals surface area contributed by atoms with E-state index in [0.717, 1.165) is 26.0 Å². The maximum atomic E-state index is 8.95. The second-order valence-electron chi connectivity index (χ2n) is 5.75. The number of ether oxygens (including phenoxy) is 1. The Bertz CT molecular complexity index is 255. The second kappa shape index (κ2) is 5.65. The summed E-state index contributed by atoms with van der Waals surface area (Å²) in [6, 6.07) is 2.83. The van der Waals surface area contributed by atoms with Gasteiger partial charge in [-0.25, -0.2) is 0 Å². The lowest BCUT2D eigenvalue weighted by Gasteiger charge is -2.33. The van der Waals surface area contributed by atoms with E-state index in [1.807, 2.05) is 13.8 Å². The lowest BCUT2D eigenvalue weighted by Crippen LogP contribution is -2.43. The van der Waals surface area contributed by atoms with Crippen LogP contribution in [-0.4, -0.2) is 25.3 Å². The summed E-state index contributed by atoms with van der Waals surface area (Å²) in [4.78, 5) is 0. The zero-order valence-electron chi connectivity index (χ0n) is 10.9. The van der Waals surface area contributed by atoms with Gasteiger partial charge in [-0.2, -0.15) is 5.26 Å². The number of nitrogens with zero attached hydrogens (tertiary/aromatic N) is 1. The van der Waals surface area contributed by atoms with Crippen molar-refractivity contribution in [3.8, 4) is 6.07 Å². The topological polar surface area (TPSA) is 45.0 Å². The lowest BCUT2D eigenvalue weighted by molar-refractivity contribution is -0.0250. The van der Waals surface area contributed by atoms with Crippen LogP contribution < -0.4 is 5.32 Å². The van der Waals surface area contributed by atoms with E-state index in [0.29, 0.717) is 18.1 Å². The van der Waals surface area contributed by atoms with Crippen LogP contribution in [0.25, 0.3) is 0 Å². The molecule has 3 nitrogen and oxygen atoms in total. The smallest absolute Gasteiger partial charge is 0.0697 e. The molecular formula is C13H24N2O. The minimum absolute atomic E-state index is 0.272. The summed E-state index contributed by atoms with van der Waals surface area (Å²) < 4.78 is 5.72. The Balaban J connectivity index is 2.36. The molecule has 0 spiro atoms. The van der Waals surface area contributed by atoms with Crippen molar-refractivity contribution in [3.05, 3.63) is 0 Å². The highest BCUT2D eigenvalue weighted by molar-refractivity contribution is 4.94. The maximum Gasteiger partial charge on any atom is 0.0697 e. The molecule has 1 heterocycles. The fraction of sp³-hybridized carbons (Fsp3) is 0.923. The summed E-state index contributed by atoms with van der Waals surface area (Å²) >= 11 is 0. The Morgan fingerprint density at radius 2 is 2.19 bits per heavy atom. The molecule has 1 saturated heterocycles. The quantitative estimate of drug-likeness (QED) is 0.797. The molecule has 0 saturated carbocycles. The first-order valence-electron chi connectivity index (χ1n) is 6.21. The van der Waals surface area contributed by atoms with Crippen LogP contribution >= 0.6 is 0 Å². The number of nitriles is 1. The third-order valence-electron chi connectivity index (χ3n) is 3.19. The first-order valence-corrected chi connectivity index (χ1v) is 6.21. The van der Waals surface area contributed by atoms with Gasteiger partial charge in [-0.15, -0.1) is 0 Å². The van der Waals surface area contributed by atoms with E-state index in [1.54, 1.807) is 0 Å². The molecule has 2 atom stereocenters. The van der Waals surface area contributed by atoms with Crippen LogP contribution in [0.4, 0.5) is 0 Å². The molecule has 0 aromatic heterocycles. The zero-order chi connectivity index (χ0) is 12.2. The van der Waals surface area contributed by atoms with Gasteiger partial charge in [0.2, 0.25) is 0 Å². The van der Waals surface area contributed by atoms with E-state index < -0.39 is 0 Å². The van der Waals surface area contributed by atoms with Crippen molar-refractivity contribution in [2.75, 3.05) is 13.2 Å². The van der Waals surface area contributed by atoms with Gasteiger partial charge in [-0.3, -0.25) is 0 Å². The van der Waals surface area contributed by atoms with Crippen molar-refractivity contribution in [2.45, 2.75) is 52.7 Å². The van der Waals surface area contributed by atoms with E-state index in [-0.39, 0.29) is 5.41 Å². The van der Waals surface area contributed by atoms with Gasteiger partial charge in [-0.1, -0.05) is 13.8 Å². The van der Waals surface area contributed by atoms with E-state index >= 15 is 0 Å². The van der Waals surface area contributed by atoms with Gasteiger partial charge in [-0.05, 0) is 32.6 Å². The Labute approximate surface area is 99.2 Å². The Hall–Kier alpha value is -0.590. The van der Waals surface area contributed by atoms with Gasteiger partial charge in [0.15, 0.2) is 0 Å². The first kappa shape index (κ1) is 13.5. The molecular weight excluding hydrogens is 200 g/mol. The largest absolute Gasteiger partial charge is 0.378 e. The van der Waals surface area contributed by atoms with Crippen molar-refractivity contribution in [1.29, 1.82) is 5.26 Å². The van der Waals surface area contributed by atoms with Crippen molar-refractivity contribution in [2.24, 2.45) is 11.3 Å². The standard InChI is InChI=1S/C13H24N2O/c1-10(2)12-7-11(5-6-16-12)15-9-13(3,4)8-14/h10-12,15H,5-7,9H2,1-4H3. The Morgan fingerprint density at radius 3 is 2.75 bits per heavy atom. The van der Waals surface area contributed by atoms with Crippen molar-refractivity contribution < 1.29 is 4.74 Å². The minimum atomic E-state index is -0.272. The number of hydrogen-bond acceptors (Lipinski definition) is 3. The van der Waals surface area contributed by atoms with Crippen LogP contribution in [0.2, 0.25) is 0 Å². The summed E-state index contributed by atoms with van der Waals surface area (Å²) in [5.74, 6) is 0.577. The van der Waals surface area contributed by atoms with Crippen LogP contribution in [0.5, 0.6) is 0 Å². The SMILES string of the molecule is CC(C)C1CC(NCC(C)(C)C#N)CCO1. The molecule has 1 aliphatic rings. The second-order valence-corrected chi connectivity index (χ2v) is 5.75. The third-order valence-corrected chi connectivity index (χ3v) is 3.19. The molecule has 1 N–H and O–H groups in total. The van der Waals surface area contributed by atoms with E-state index in [9.17, 15) is 0 Å². The monoisotopic (exact) mass is 224 g/mol. The normalized spacial score (nSPS) is 26.8. The molecule has 0 amide bonds. The van der Waals surface area contributed by atoms with Crippen molar-refractivity contribution in [1.82, 2.24) is 5.32 Å². The predicted octanol–water partition coefficient (Wildman–Crippen LogP) is 2.33. The predicted molar refractivity (Wildman–Crippen MR) is 65.0 cm³/mol. The summed E-state index contributed by atoms with van der Waals surface area (Å²) in [6.45, 7) is 9.95. The number of hydrogen-bond donors (Lipinski definition) is 1. The average Bonchev–Trinajstić information content (AvgIpc) is 2.27. The molecule has 3 heteroatoms.